The molecule has 261 valence electrons. The van der Waals surface area contributed by atoms with E-state index < -0.39 is 0 Å². The molecule has 0 saturated heterocycles. The molecule has 3 aromatic carbocycles. The third kappa shape index (κ3) is 8.11. The van der Waals surface area contributed by atoms with Gasteiger partial charge in [0.2, 0.25) is 0 Å². The Morgan fingerprint density at radius 2 is 1.58 bits per heavy atom. The van der Waals surface area contributed by atoms with Crippen LogP contribution in [0.3, 0.4) is 0 Å². The molecule has 0 spiro atoms. The number of aliphatic hydroxyl groups is 1. The van der Waals surface area contributed by atoms with Gasteiger partial charge in [-0.3, -0.25) is 9.78 Å². The van der Waals surface area contributed by atoms with Crippen molar-refractivity contribution in [1.29, 1.82) is 0 Å². The zero-order valence-electron chi connectivity index (χ0n) is 31.0. The van der Waals surface area contributed by atoms with E-state index in [4.69, 9.17) is 9.97 Å². The Bertz CT molecular complexity index is 1730. The van der Waals surface area contributed by atoms with Gasteiger partial charge >= 0.3 is 0 Å². The van der Waals surface area contributed by atoms with E-state index in [0.717, 1.165) is 53.7 Å². The number of nitrogens with zero attached hydrogens (tertiary/aromatic N) is 2. The zero-order chi connectivity index (χ0) is 34.5. The van der Waals surface area contributed by atoms with E-state index in [-0.39, 0.29) is 48.4 Å². The molecule has 0 aliphatic heterocycles. The molecule has 0 atom stereocenters. The van der Waals surface area contributed by atoms with Crippen LogP contribution in [0.4, 0.5) is 0 Å². The first-order valence-electron chi connectivity index (χ1n) is 18.0. The van der Waals surface area contributed by atoms with Gasteiger partial charge in [0.05, 0.1) is 5.52 Å². The van der Waals surface area contributed by atoms with Crippen LogP contribution in [-0.4, -0.2) is 20.9 Å². The van der Waals surface area contributed by atoms with Crippen LogP contribution in [0.15, 0.2) is 54.3 Å². The molecule has 0 bridgehead atoms. The number of aromatic nitrogens is 2. The Labute approximate surface area is 303 Å². The normalized spacial score (nSPS) is 14.3. The van der Waals surface area contributed by atoms with Gasteiger partial charge in [-0.15, -0.1) is 35.9 Å². The second kappa shape index (κ2) is 16.7. The van der Waals surface area contributed by atoms with E-state index in [1.54, 1.807) is 5.56 Å². The van der Waals surface area contributed by atoms with Crippen LogP contribution in [0.5, 0.6) is 0 Å². The van der Waals surface area contributed by atoms with Crippen molar-refractivity contribution in [3.63, 3.8) is 0 Å². The third-order valence-electron chi connectivity index (χ3n) is 11.3. The van der Waals surface area contributed by atoms with Gasteiger partial charge in [-0.1, -0.05) is 86.4 Å². The maximum absolute atomic E-state index is 12.2. The number of aliphatic hydroxyl groups excluding tert-OH is 1. The number of carbonyl (C=O) groups is 1. The number of hydrogen-bond acceptors (Lipinski definition) is 4. The minimum Gasteiger partial charge on any atom is -0.512 e. The number of fused-ring (bicyclic) bond motifs is 3. The largest absolute Gasteiger partial charge is 0.512 e. The molecule has 1 aromatic heterocycles. The molecule has 1 aliphatic carbocycles. The van der Waals surface area contributed by atoms with Gasteiger partial charge in [-0.2, -0.15) is 0 Å². The quantitative estimate of drug-likeness (QED) is 0.0749. The first kappa shape index (κ1) is 39.6. The molecule has 48 heavy (non-hydrogen) atoms. The number of carbonyl (C=O) groups excluding carboxylic acids is 1. The zero-order valence-corrected chi connectivity index (χ0v) is 33.4. The minimum atomic E-state index is -0.337. The number of allylic oxidation sites excluding steroid dienone is 2. The summed E-state index contributed by atoms with van der Waals surface area (Å²) in [5.41, 5.74) is 6.93. The number of ketones is 1. The van der Waals surface area contributed by atoms with Crippen molar-refractivity contribution < 1.29 is 30.0 Å². The van der Waals surface area contributed by atoms with Crippen molar-refractivity contribution in [3.05, 3.63) is 82.9 Å². The van der Waals surface area contributed by atoms with Crippen LogP contribution in [0.1, 0.15) is 141 Å². The molecule has 1 heterocycles. The van der Waals surface area contributed by atoms with E-state index in [9.17, 15) is 9.90 Å². The van der Waals surface area contributed by atoms with Crippen molar-refractivity contribution in [2.24, 2.45) is 10.8 Å². The first-order valence-corrected chi connectivity index (χ1v) is 18.0. The fourth-order valence-electron chi connectivity index (χ4n) is 7.01. The summed E-state index contributed by atoms with van der Waals surface area (Å²) < 4.78 is 0. The van der Waals surface area contributed by atoms with Crippen molar-refractivity contribution in [2.75, 3.05) is 0 Å². The van der Waals surface area contributed by atoms with Crippen molar-refractivity contribution >= 4 is 27.5 Å². The molecule has 1 radical (unpaired) electrons. The molecule has 1 fully saturated rings. The van der Waals surface area contributed by atoms with E-state index in [2.05, 4.69) is 64.1 Å². The smallest absolute Gasteiger partial charge is 0.164 e. The second-order valence-corrected chi connectivity index (χ2v) is 14.6. The molecule has 5 rings (SSSR count). The first-order chi connectivity index (χ1) is 22.3. The van der Waals surface area contributed by atoms with Crippen molar-refractivity contribution in [2.45, 2.75) is 132 Å². The molecule has 1 aliphatic rings. The summed E-state index contributed by atoms with van der Waals surface area (Å²) in [4.78, 5) is 22.3. The summed E-state index contributed by atoms with van der Waals surface area (Å²) in [6, 6.07) is 18.3. The standard InChI is InChI=1S/C28H29N2.C15H28O2.Ir/c1-17(2)28-29-26(21-12-6-5-7-13-21)23-15-14-22-16-18(3)24(20-10-8-9-11-20)19(4)25(22)27(23)30-28;1-7-14(5,8-2)12(16)11-13(17)15(6,9-3)10-4;/h5-7,12,14-17,20H,8-11H2,1-4H3;11,16H,7-10H2,1-6H3;/q-1;;/b;12-11-;. The Balaban J connectivity index is 0.000000301. The minimum absolute atomic E-state index is 0. The molecular formula is C43H57IrN2O2-. The Morgan fingerprint density at radius 3 is 2.12 bits per heavy atom. The predicted octanol–water partition coefficient (Wildman–Crippen LogP) is 12.3. The number of aryl methyl sites for hydroxylation is 2. The van der Waals surface area contributed by atoms with Crippen LogP contribution in [0.25, 0.3) is 32.9 Å². The Kier molecular flexibility index (Phi) is 13.7. The van der Waals surface area contributed by atoms with Crippen LogP contribution in [0, 0.1) is 30.7 Å². The molecule has 5 heteroatoms. The van der Waals surface area contributed by atoms with Crippen molar-refractivity contribution in [1.82, 2.24) is 9.97 Å². The van der Waals surface area contributed by atoms with Crippen LogP contribution in [0.2, 0.25) is 0 Å². The SMILES string of the molecule is CCC(C)(CC)C(=O)/C=C(\O)C(C)(CC)CC.Cc1cc2ccc3c(-c4[c-]cccc4)nc(C(C)C)nc3c2c(C)c1C1CCCC1.[Ir]. The van der Waals surface area contributed by atoms with Crippen molar-refractivity contribution in [3.8, 4) is 11.3 Å². The Hall–Kier alpha value is -2.88. The fraction of sp³-hybridized carbons (Fsp3) is 0.512. The summed E-state index contributed by atoms with van der Waals surface area (Å²) in [5.74, 6) is 2.16. The number of benzene rings is 3. The molecular weight excluding hydrogens is 769 g/mol. The fourth-order valence-corrected chi connectivity index (χ4v) is 7.01. The average molecular weight is 826 g/mol. The van der Waals surface area contributed by atoms with Gasteiger partial charge in [-0.05, 0) is 91.4 Å². The average Bonchev–Trinajstić information content (AvgIpc) is 3.61. The van der Waals surface area contributed by atoms with E-state index >= 15 is 0 Å². The summed E-state index contributed by atoms with van der Waals surface area (Å²) in [5, 5.41) is 13.9. The molecule has 0 amide bonds. The topological polar surface area (TPSA) is 63.1 Å². The van der Waals surface area contributed by atoms with E-state index in [0.29, 0.717) is 5.92 Å². The predicted molar refractivity (Wildman–Crippen MR) is 199 cm³/mol. The van der Waals surface area contributed by atoms with E-state index in [1.165, 1.54) is 53.7 Å². The maximum atomic E-state index is 12.2. The summed E-state index contributed by atoms with van der Waals surface area (Å²) in [6.07, 6.45) is 10.1. The molecule has 4 nitrogen and oxygen atoms in total. The maximum Gasteiger partial charge on any atom is 0.164 e. The van der Waals surface area contributed by atoms with Crippen LogP contribution < -0.4 is 0 Å². The van der Waals surface area contributed by atoms with Gasteiger partial charge in [0, 0.05) is 48.3 Å². The van der Waals surface area contributed by atoms with Crippen LogP contribution >= 0.6 is 0 Å². The van der Waals surface area contributed by atoms with Gasteiger partial charge in [0.25, 0.3) is 0 Å². The number of hydrogen-bond donors (Lipinski definition) is 1. The summed E-state index contributed by atoms with van der Waals surface area (Å²) in [7, 11) is 0. The number of rotatable bonds is 10. The van der Waals surface area contributed by atoms with Gasteiger partial charge in [-0.25, -0.2) is 4.98 Å². The molecule has 0 unspecified atom stereocenters. The van der Waals surface area contributed by atoms with Gasteiger partial charge in [0.1, 0.15) is 11.6 Å². The molecule has 4 aromatic rings. The summed E-state index contributed by atoms with van der Waals surface area (Å²) in [6.45, 7) is 21.0. The molecule has 1 N–H and O–H groups in total. The molecule has 1 saturated carbocycles. The van der Waals surface area contributed by atoms with E-state index in [1.807, 2.05) is 53.7 Å². The summed E-state index contributed by atoms with van der Waals surface area (Å²) >= 11 is 0. The second-order valence-electron chi connectivity index (χ2n) is 14.6. The monoisotopic (exact) mass is 826 g/mol. The van der Waals surface area contributed by atoms with Gasteiger partial charge in [0.15, 0.2) is 5.78 Å². The van der Waals surface area contributed by atoms with Crippen LogP contribution in [-0.2, 0) is 24.9 Å². The third-order valence-corrected chi connectivity index (χ3v) is 11.3. The Morgan fingerprint density at radius 1 is 0.958 bits per heavy atom. The van der Waals surface area contributed by atoms with Gasteiger partial charge < -0.3 is 5.11 Å².